The van der Waals surface area contributed by atoms with E-state index in [0.29, 0.717) is 17.7 Å². The van der Waals surface area contributed by atoms with Crippen molar-refractivity contribution in [2.45, 2.75) is 76.4 Å². The fourth-order valence-corrected chi connectivity index (χ4v) is 4.00. The van der Waals surface area contributed by atoms with Gasteiger partial charge in [0.2, 0.25) is 11.8 Å². The molecule has 0 bridgehead atoms. The van der Waals surface area contributed by atoms with Crippen molar-refractivity contribution in [3.8, 4) is 0 Å². The van der Waals surface area contributed by atoms with Gasteiger partial charge in [0.05, 0.1) is 12.1 Å². The fraction of sp³-hybridized carbons (Fsp3) is 0.833. The number of hydrogen-bond donors (Lipinski definition) is 0. The van der Waals surface area contributed by atoms with E-state index >= 15 is 0 Å². The molecule has 6 nitrogen and oxygen atoms in total. The molecule has 4 rings (SSSR count). The Balaban J connectivity index is 1.35. The highest BCUT2D eigenvalue weighted by Crippen LogP contribution is 2.40. The highest BCUT2D eigenvalue weighted by Gasteiger charge is 2.36. The lowest BCUT2D eigenvalue weighted by Crippen LogP contribution is -2.36. The van der Waals surface area contributed by atoms with Crippen molar-refractivity contribution in [3.63, 3.8) is 0 Å². The van der Waals surface area contributed by atoms with Crippen LogP contribution in [0, 0.1) is 5.92 Å². The van der Waals surface area contributed by atoms with Crippen molar-refractivity contribution in [1.29, 1.82) is 0 Å². The monoisotopic (exact) mass is 333 g/mol. The lowest BCUT2D eigenvalue weighted by molar-refractivity contribution is -0.141. The van der Waals surface area contributed by atoms with Crippen LogP contribution in [0.15, 0.2) is 4.52 Å². The fourth-order valence-electron chi connectivity index (χ4n) is 4.00. The van der Waals surface area contributed by atoms with Crippen molar-refractivity contribution in [1.82, 2.24) is 15.0 Å². The molecule has 0 unspecified atom stereocenters. The predicted octanol–water partition coefficient (Wildman–Crippen LogP) is 3.21. The molecule has 6 heteroatoms. The zero-order chi connectivity index (χ0) is 16.5. The summed E-state index contributed by atoms with van der Waals surface area (Å²) in [6.07, 6.45) is 9.19. The van der Waals surface area contributed by atoms with E-state index in [0.717, 1.165) is 44.5 Å². The summed E-state index contributed by atoms with van der Waals surface area (Å²) in [6, 6.07) is -0.0406. The van der Waals surface area contributed by atoms with Gasteiger partial charge >= 0.3 is 0 Å². The summed E-state index contributed by atoms with van der Waals surface area (Å²) in [5.41, 5.74) is 0. The highest BCUT2D eigenvalue weighted by molar-refractivity contribution is 5.78. The number of likely N-dealkylation sites (tertiary alicyclic amines) is 1. The smallest absolute Gasteiger partial charge is 0.249 e. The highest BCUT2D eigenvalue weighted by atomic mass is 16.5. The van der Waals surface area contributed by atoms with Crippen molar-refractivity contribution in [2.75, 3.05) is 13.2 Å². The zero-order valence-electron chi connectivity index (χ0n) is 14.4. The number of amides is 1. The van der Waals surface area contributed by atoms with Crippen LogP contribution in [0.3, 0.4) is 0 Å². The molecule has 1 aromatic heterocycles. The summed E-state index contributed by atoms with van der Waals surface area (Å²) in [5.74, 6) is 2.49. The van der Waals surface area contributed by atoms with E-state index in [9.17, 15) is 4.79 Å². The van der Waals surface area contributed by atoms with Crippen LogP contribution >= 0.6 is 0 Å². The summed E-state index contributed by atoms with van der Waals surface area (Å²) in [4.78, 5) is 19.1. The lowest BCUT2D eigenvalue weighted by atomic mass is 9.88. The molecule has 3 atom stereocenters. The molecular weight excluding hydrogens is 306 g/mol. The number of carbonyl (C=O) groups excluding carboxylic acids is 1. The Morgan fingerprint density at radius 1 is 1.21 bits per heavy atom. The molecule has 2 saturated carbocycles. The van der Waals surface area contributed by atoms with Gasteiger partial charge in [0.15, 0.2) is 5.82 Å². The molecule has 132 valence electrons. The van der Waals surface area contributed by atoms with Gasteiger partial charge in [-0.3, -0.25) is 4.79 Å². The maximum atomic E-state index is 12.6. The number of aromatic nitrogens is 2. The maximum absolute atomic E-state index is 12.6. The second kappa shape index (κ2) is 6.82. The van der Waals surface area contributed by atoms with Gasteiger partial charge in [0, 0.05) is 12.5 Å². The third kappa shape index (κ3) is 3.34. The zero-order valence-corrected chi connectivity index (χ0v) is 14.4. The van der Waals surface area contributed by atoms with E-state index in [4.69, 9.17) is 9.26 Å². The second-order valence-corrected chi connectivity index (χ2v) is 7.62. The molecule has 0 N–H and O–H groups in total. The van der Waals surface area contributed by atoms with E-state index < -0.39 is 0 Å². The third-order valence-electron chi connectivity index (χ3n) is 5.71. The quantitative estimate of drug-likeness (QED) is 0.827. The average Bonchev–Trinajstić information content (AvgIpc) is 3.12. The number of rotatable bonds is 5. The van der Waals surface area contributed by atoms with Gasteiger partial charge in [-0.25, -0.2) is 0 Å². The van der Waals surface area contributed by atoms with Crippen LogP contribution in [0.2, 0.25) is 0 Å². The largest absolute Gasteiger partial charge is 0.368 e. The molecule has 1 saturated heterocycles. The number of carbonyl (C=O) groups is 1. The van der Waals surface area contributed by atoms with E-state index in [1.807, 2.05) is 4.90 Å². The maximum Gasteiger partial charge on any atom is 0.249 e. The third-order valence-corrected chi connectivity index (χ3v) is 5.71. The lowest BCUT2D eigenvalue weighted by Gasteiger charge is -2.30. The van der Waals surface area contributed by atoms with Gasteiger partial charge in [-0.05, 0) is 44.4 Å². The Bertz CT molecular complexity index is 584. The Labute approximate surface area is 142 Å². The van der Waals surface area contributed by atoms with Gasteiger partial charge in [-0.2, -0.15) is 4.98 Å². The molecule has 1 aromatic rings. The molecule has 1 aliphatic heterocycles. The SMILES string of the molecule is C[C@@H]1CCCC[C@@H]1OCC(=O)N1CCC[C@@H]1c1noc(C2CC2)n1. The van der Waals surface area contributed by atoms with E-state index in [1.165, 1.54) is 19.3 Å². The predicted molar refractivity (Wildman–Crippen MR) is 87.3 cm³/mol. The van der Waals surface area contributed by atoms with Crippen molar-refractivity contribution in [2.24, 2.45) is 5.92 Å². The number of hydrogen-bond acceptors (Lipinski definition) is 5. The molecule has 3 aliphatic rings. The van der Waals surface area contributed by atoms with Gasteiger partial charge in [-0.1, -0.05) is 24.9 Å². The van der Waals surface area contributed by atoms with Crippen molar-refractivity contribution in [3.05, 3.63) is 11.7 Å². The van der Waals surface area contributed by atoms with Crippen LogP contribution in [-0.2, 0) is 9.53 Å². The Hall–Kier alpha value is -1.43. The van der Waals surface area contributed by atoms with Crippen LogP contribution < -0.4 is 0 Å². The minimum atomic E-state index is -0.0406. The van der Waals surface area contributed by atoms with Gasteiger partial charge in [0.1, 0.15) is 6.61 Å². The molecule has 0 aromatic carbocycles. The average molecular weight is 333 g/mol. The van der Waals surface area contributed by atoms with Crippen LogP contribution in [0.1, 0.15) is 82.0 Å². The van der Waals surface area contributed by atoms with Gasteiger partial charge < -0.3 is 14.2 Å². The Kier molecular flexibility index (Phi) is 4.57. The summed E-state index contributed by atoms with van der Waals surface area (Å²) in [7, 11) is 0. The summed E-state index contributed by atoms with van der Waals surface area (Å²) in [6.45, 7) is 3.17. The van der Waals surface area contributed by atoms with Crippen molar-refractivity contribution < 1.29 is 14.1 Å². The molecule has 3 fully saturated rings. The van der Waals surface area contributed by atoms with Gasteiger partial charge in [0.25, 0.3) is 0 Å². The van der Waals surface area contributed by atoms with Crippen LogP contribution in [0.5, 0.6) is 0 Å². The first-order valence-corrected chi connectivity index (χ1v) is 9.47. The van der Waals surface area contributed by atoms with Crippen LogP contribution in [0.25, 0.3) is 0 Å². The Morgan fingerprint density at radius 2 is 2.04 bits per heavy atom. The molecule has 24 heavy (non-hydrogen) atoms. The van der Waals surface area contributed by atoms with E-state index in [1.54, 1.807) is 0 Å². The van der Waals surface area contributed by atoms with Crippen LogP contribution in [-0.4, -0.2) is 40.2 Å². The Morgan fingerprint density at radius 3 is 2.83 bits per heavy atom. The summed E-state index contributed by atoms with van der Waals surface area (Å²) < 4.78 is 11.3. The van der Waals surface area contributed by atoms with E-state index in [-0.39, 0.29) is 24.7 Å². The minimum Gasteiger partial charge on any atom is -0.368 e. The number of ether oxygens (including phenoxy) is 1. The van der Waals surface area contributed by atoms with E-state index in [2.05, 4.69) is 17.1 Å². The molecule has 1 amide bonds. The standard InChI is InChI=1S/C18H27N3O3/c1-12-5-2-3-7-15(12)23-11-16(22)21-10-4-6-14(21)17-19-18(24-20-17)13-8-9-13/h12-15H,2-11H2,1H3/t12-,14-,15+/m1/s1. The summed E-state index contributed by atoms with van der Waals surface area (Å²) in [5, 5.41) is 4.13. The first kappa shape index (κ1) is 16.1. The minimum absolute atomic E-state index is 0.0406. The molecule has 2 aliphatic carbocycles. The topological polar surface area (TPSA) is 68.5 Å². The normalized spacial score (nSPS) is 30.7. The van der Waals surface area contributed by atoms with Crippen molar-refractivity contribution >= 4 is 5.91 Å². The second-order valence-electron chi connectivity index (χ2n) is 7.62. The molecule has 2 heterocycles. The summed E-state index contributed by atoms with van der Waals surface area (Å²) >= 11 is 0. The molecule has 0 radical (unpaired) electrons. The van der Waals surface area contributed by atoms with Gasteiger partial charge in [-0.15, -0.1) is 0 Å². The number of nitrogens with zero attached hydrogens (tertiary/aromatic N) is 3. The molecular formula is C18H27N3O3. The first-order chi connectivity index (χ1) is 11.7. The van der Waals surface area contributed by atoms with Crippen LogP contribution in [0.4, 0.5) is 0 Å². The molecule has 0 spiro atoms. The first-order valence-electron chi connectivity index (χ1n) is 9.47.